The summed E-state index contributed by atoms with van der Waals surface area (Å²) in [6.07, 6.45) is 3.08. The number of hydrogen-bond donors (Lipinski definition) is 1. The third-order valence-corrected chi connectivity index (χ3v) is 2.39. The van der Waals surface area contributed by atoms with Crippen molar-refractivity contribution in [2.45, 2.75) is 6.42 Å². The zero-order chi connectivity index (χ0) is 12.3. The number of H-pyrrole nitrogens is 1. The number of fused-ring (bicyclic) bond motifs is 1. The molecule has 0 aliphatic heterocycles. The minimum atomic E-state index is -0.370. The quantitative estimate of drug-likeness (QED) is 0.473. The molecule has 17 heavy (non-hydrogen) atoms. The van der Waals surface area contributed by atoms with E-state index in [9.17, 15) is 4.79 Å². The van der Waals surface area contributed by atoms with Crippen LogP contribution in [-0.4, -0.2) is 28.0 Å². The van der Waals surface area contributed by atoms with Gasteiger partial charge in [0.05, 0.1) is 12.7 Å². The summed E-state index contributed by atoms with van der Waals surface area (Å²) in [7, 11) is 1.32. The summed E-state index contributed by atoms with van der Waals surface area (Å²) in [5, 5.41) is 0.344. The summed E-state index contributed by atoms with van der Waals surface area (Å²) in [6, 6.07) is 0. The van der Waals surface area contributed by atoms with Crippen LogP contribution in [0.15, 0.2) is 12.5 Å². The first-order chi connectivity index (χ1) is 8.22. The molecule has 5 nitrogen and oxygen atoms in total. The van der Waals surface area contributed by atoms with Crippen LogP contribution in [0.4, 0.5) is 0 Å². The number of carbonyl (C=O) groups excluding carboxylic acids is 1. The van der Waals surface area contributed by atoms with Crippen LogP contribution in [0.25, 0.3) is 11.0 Å². The molecule has 0 spiro atoms. The minimum Gasteiger partial charge on any atom is -0.468 e. The van der Waals surface area contributed by atoms with Crippen molar-refractivity contribution in [2.24, 2.45) is 0 Å². The molecule has 0 amide bonds. The predicted molar refractivity (Wildman–Crippen MR) is 62.4 cm³/mol. The lowest BCUT2D eigenvalue weighted by Crippen LogP contribution is -1.96. The molecule has 0 bridgehead atoms. The summed E-state index contributed by atoms with van der Waals surface area (Å²) in [5.74, 6) is 5.16. The molecule has 2 aromatic heterocycles. The lowest BCUT2D eigenvalue weighted by molar-refractivity contribution is -0.139. The highest BCUT2D eigenvalue weighted by Crippen LogP contribution is 2.20. The van der Waals surface area contributed by atoms with Crippen molar-refractivity contribution in [1.82, 2.24) is 15.0 Å². The van der Waals surface area contributed by atoms with Gasteiger partial charge in [0, 0.05) is 6.20 Å². The largest absolute Gasteiger partial charge is 0.468 e. The van der Waals surface area contributed by atoms with E-state index in [1.54, 1.807) is 6.20 Å². The second kappa shape index (κ2) is 4.85. The van der Waals surface area contributed by atoms with Crippen LogP contribution in [0.1, 0.15) is 12.0 Å². The van der Waals surface area contributed by atoms with Gasteiger partial charge < -0.3 is 9.72 Å². The SMILES string of the molecule is COC(=O)CC#Cc1c[nH]c2c(Cl)ncnc12. The Morgan fingerprint density at radius 2 is 2.41 bits per heavy atom. The van der Waals surface area contributed by atoms with E-state index >= 15 is 0 Å². The monoisotopic (exact) mass is 249 g/mol. The van der Waals surface area contributed by atoms with Gasteiger partial charge in [0.1, 0.15) is 23.8 Å². The molecule has 0 unspecified atom stereocenters. The smallest absolute Gasteiger partial charge is 0.317 e. The van der Waals surface area contributed by atoms with Crippen LogP contribution < -0.4 is 0 Å². The molecule has 0 aromatic carbocycles. The van der Waals surface area contributed by atoms with Crippen molar-refractivity contribution < 1.29 is 9.53 Å². The first-order valence-corrected chi connectivity index (χ1v) is 5.13. The topological polar surface area (TPSA) is 67.9 Å². The van der Waals surface area contributed by atoms with E-state index in [0.29, 0.717) is 21.7 Å². The summed E-state index contributed by atoms with van der Waals surface area (Å²) in [4.78, 5) is 21.7. The molecule has 2 heterocycles. The van der Waals surface area contributed by atoms with Gasteiger partial charge in [-0.2, -0.15) is 0 Å². The minimum absolute atomic E-state index is 0.0436. The van der Waals surface area contributed by atoms with Gasteiger partial charge in [-0.05, 0) is 0 Å². The Morgan fingerprint density at radius 1 is 1.59 bits per heavy atom. The molecular weight excluding hydrogens is 242 g/mol. The number of aromatic amines is 1. The predicted octanol–water partition coefficient (Wildman–Crippen LogP) is 1.53. The van der Waals surface area contributed by atoms with Crippen molar-refractivity contribution in [1.29, 1.82) is 0 Å². The van der Waals surface area contributed by atoms with Gasteiger partial charge >= 0.3 is 5.97 Å². The lowest BCUT2D eigenvalue weighted by Gasteiger charge is -1.91. The molecule has 2 aromatic rings. The molecule has 0 radical (unpaired) electrons. The van der Waals surface area contributed by atoms with Crippen LogP contribution in [0, 0.1) is 11.8 Å². The number of nitrogens with one attached hydrogen (secondary N) is 1. The Morgan fingerprint density at radius 3 is 3.18 bits per heavy atom. The van der Waals surface area contributed by atoms with E-state index in [0.717, 1.165) is 0 Å². The van der Waals surface area contributed by atoms with E-state index in [4.69, 9.17) is 11.6 Å². The normalized spacial score (nSPS) is 9.76. The van der Waals surface area contributed by atoms with Crippen LogP contribution >= 0.6 is 11.6 Å². The molecule has 2 rings (SSSR count). The van der Waals surface area contributed by atoms with E-state index in [-0.39, 0.29) is 12.4 Å². The highest BCUT2D eigenvalue weighted by Gasteiger charge is 2.06. The Kier molecular flexibility index (Phi) is 3.26. The summed E-state index contributed by atoms with van der Waals surface area (Å²) in [6.45, 7) is 0. The molecule has 0 atom stereocenters. The third kappa shape index (κ3) is 2.37. The fourth-order valence-corrected chi connectivity index (χ4v) is 1.48. The molecule has 0 aliphatic rings. The standard InChI is InChI=1S/C11H8ClN3O2/c1-17-8(16)4-2-3-7-5-13-10-9(7)14-6-15-11(10)12/h5-6,13H,4H2,1H3. The van der Waals surface area contributed by atoms with Gasteiger partial charge in [0.25, 0.3) is 0 Å². The maximum absolute atomic E-state index is 10.9. The Bertz CT molecular complexity index is 624. The summed E-state index contributed by atoms with van der Waals surface area (Å²) < 4.78 is 4.48. The van der Waals surface area contributed by atoms with Crippen molar-refractivity contribution in [3.8, 4) is 11.8 Å². The van der Waals surface area contributed by atoms with E-state index < -0.39 is 0 Å². The van der Waals surface area contributed by atoms with Crippen molar-refractivity contribution in [2.75, 3.05) is 7.11 Å². The summed E-state index contributed by atoms with van der Waals surface area (Å²) in [5.41, 5.74) is 1.95. The highest BCUT2D eigenvalue weighted by molar-refractivity contribution is 6.33. The van der Waals surface area contributed by atoms with Gasteiger partial charge in [-0.15, -0.1) is 0 Å². The van der Waals surface area contributed by atoms with Crippen LogP contribution in [0.2, 0.25) is 5.15 Å². The van der Waals surface area contributed by atoms with E-state index in [2.05, 4.69) is 31.5 Å². The lowest BCUT2D eigenvalue weighted by atomic mass is 10.3. The Labute approximate surface area is 102 Å². The average molecular weight is 250 g/mol. The number of methoxy groups -OCH3 is 1. The average Bonchev–Trinajstić information content (AvgIpc) is 2.74. The van der Waals surface area contributed by atoms with Crippen molar-refractivity contribution in [3.05, 3.63) is 23.2 Å². The van der Waals surface area contributed by atoms with Crippen LogP contribution in [-0.2, 0) is 9.53 Å². The summed E-state index contributed by atoms with van der Waals surface area (Å²) >= 11 is 5.87. The first-order valence-electron chi connectivity index (χ1n) is 4.75. The number of aromatic nitrogens is 3. The molecule has 0 fully saturated rings. The number of ether oxygens (including phenoxy) is 1. The van der Waals surface area contributed by atoms with Gasteiger partial charge in [-0.25, -0.2) is 9.97 Å². The van der Waals surface area contributed by atoms with Crippen LogP contribution in [0.3, 0.4) is 0 Å². The number of nitrogens with zero attached hydrogens (tertiary/aromatic N) is 2. The zero-order valence-corrected chi connectivity index (χ0v) is 9.71. The van der Waals surface area contributed by atoms with Gasteiger partial charge in [0.2, 0.25) is 0 Å². The van der Waals surface area contributed by atoms with Gasteiger partial charge in [-0.1, -0.05) is 23.4 Å². The molecule has 0 aliphatic carbocycles. The molecule has 6 heteroatoms. The third-order valence-electron chi connectivity index (χ3n) is 2.10. The second-order valence-electron chi connectivity index (χ2n) is 3.15. The molecule has 86 valence electrons. The van der Waals surface area contributed by atoms with Crippen molar-refractivity contribution in [3.63, 3.8) is 0 Å². The number of halogens is 1. The zero-order valence-electron chi connectivity index (χ0n) is 8.95. The molecular formula is C11H8ClN3O2. The number of hydrogen-bond acceptors (Lipinski definition) is 4. The number of rotatable bonds is 1. The molecule has 0 saturated heterocycles. The fraction of sp³-hybridized carbons (Fsp3) is 0.182. The van der Waals surface area contributed by atoms with Crippen molar-refractivity contribution >= 4 is 28.6 Å². The number of esters is 1. The van der Waals surface area contributed by atoms with Gasteiger partial charge in [-0.3, -0.25) is 4.79 Å². The van der Waals surface area contributed by atoms with Gasteiger partial charge in [0.15, 0.2) is 5.15 Å². The highest BCUT2D eigenvalue weighted by atomic mass is 35.5. The Hall–Kier alpha value is -2.06. The maximum atomic E-state index is 10.9. The maximum Gasteiger partial charge on any atom is 0.317 e. The molecule has 1 N–H and O–H groups in total. The number of carbonyl (C=O) groups is 1. The fourth-order valence-electron chi connectivity index (χ4n) is 1.29. The van der Waals surface area contributed by atoms with E-state index in [1.165, 1.54) is 13.4 Å². The van der Waals surface area contributed by atoms with Crippen LogP contribution in [0.5, 0.6) is 0 Å². The first kappa shape index (κ1) is 11.4. The van der Waals surface area contributed by atoms with E-state index in [1.807, 2.05) is 0 Å². The second-order valence-corrected chi connectivity index (χ2v) is 3.50. The molecule has 0 saturated carbocycles. The Balaban J connectivity index is 2.31.